The van der Waals surface area contributed by atoms with E-state index in [1.807, 2.05) is 46.1 Å². The van der Waals surface area contributed by atoms with E-state index in [0.717, 1.165) is 59.1 Å². The maximum Gasteiger partial charge on any atom is 0.310 e. The van der Waals surface area contributed by atoms with Crippen molar-refractivity contribution < 1.29 is 9.90 Å². The summed E-state index contributed by atoms with van der Waals surface area (Å²) in [5.41, 5.74) is 5.98. The standard InChI is InChI=1S/C32H42N6O2/c1-7-23-12-15-37(16-13-23)20-28-33-14-17-38(28)19-25-18-24(9-8-21(25)2)29(32(4,5)31(39)40)26-10-11-27-30(22(26)3)34-35-36(27)6/h8-11,14,17-18,23,29H,7,12-13,15-16,19-20H2,1-6H3,(H,39,40). The minimum Gasteiger partial charge on any atom is -0.481 e. The average Bonchev–Trinajstić information content (AvgIpc) is 3.53. The van der Waals surface area contributed by atoms with Crippen LogP contribution in [0.2, 0.25) is 0 Å². The van der Waals surface area contributed by atoms with Crippen LogP contribution in [-0.4, -0.2) is 53.6 Å². The van der Waals surface area contributed by atoms with Crippen molar-refractivity contribution >= 4 is 17.0 Å². The monoisotopic (exact) mass is 542 g/mol. The van der Waals surface area contributed by atoms with Crippen molar-refractivity contribution in [2.24, 2.45) is 18.4 Å². The Bertz CT molecular complexity index is 1510. The highest BCUT2D eigenvalue weighted by atomic mass is 16.4. The molecule has 1 aliphatic heterocycles. The summed E-state index contributed by atoms with van der Waals surface area (Å²) in [6, 6.07) is 10.4. The predicted molar refractivity (Wildman–Crippen MR) is 157 cm³/mol. The van der Waals surface area contributed by atoms with Crippen molar-refractivity contribution in [1.82, 2.24) is 29.4 Å². The van der Waals surface area contributed by atoms with E-state index in [-0.39, 0.29) is 5.92 Å². The lowest BCUT2D eigenvalue weighted by Crippen LogP contribution is -2.34. The molecular formula is C32H42N6O2. The van der Waals surface area contributed by atoms with Gasteiger partial charge in [0.05, 0.1) is 17.5 Å². The Hall–Kier alpha value is -3.52. The number of fused-ring (bicyclic) bond motifs is 1. The van der Waals surface area contributed by atoms with E-state index in [1.54, 1.807) is 4.68 Å². The number of aromatic nitrogens is 5. The zero-order valence-corrected chi connectivity index (χ0v) is 24.7. The highest BCUT2D eigenvalue weighted by molar-refractivity contribution is 5.81. The molecule has 4 aromatic rings. The third-order valence-corrected chi connectivity index (χ3v) is 9.16. The Morgan fingerprint density at radius 1 is 1.12 bits per heavy atom. The molecule has 40 heavy (non-hydrogen) atoms. The number of hydrogen-bond donors (Lipinski definition) is 1. The molecule has 0 radical (unpaired) electrons. The summed E-state index contributed by atoms with van der Waals surface area (Å²) in [7, 11) is 1.87. The quantitative estimate of drug-likeness (QED) is 0.292. The summed E-state index contributed by atoms with van der Waals surface area (Å²) in [5.74, 6) is 0.730. The molecule has 1 N–H and O–H groups in total. The Labute approximate surface area is 237 Å². The van der Waals surface area contributed by atoms with Gasteiger partial charge in [0.25, 0.3) is 0 Å². The molecule has 0 aliphatic carbocycles. The third kappa shape index (κ3) is 5.29. The molecule has 2 aromatic carbocycles. The van der Waals surface area contributed by atoms with Crippen LogP contribution >= 0.6 is 0 Å². The molecule has 0 spiro atoms. The fraction of sp³-hybridized carbons (Fsp3) is 0.500. The van der Waals surface area contributed by atoms with E-state index >= 15 is 0 Å². The molecule has 1 saturated heterocycles. The largest absolute Gasteiger partial charge is 0.481 e. The first-order valence-electron chi connectivity index (χ1n) is 14.4. The molecular weight excluding hydrogens is 500 g/mol. The molecule has 0 bridgehead atoms. The summed E-state index contributed by atoms with van der Waals surface area (Å²) in [6.07, 6.45) is 7.75. The number of benzene rings is 2. The normalized spacial score (nSPS) is 16.1. The van der Waals surface area contributed by atoms with Gasteiger partial charge in [-0.05, 0) is 93.4 Å². The van der Waals surface area contributed by atoms with E-state index in [2.05, 4.69) is 58.0 Å². The molecule has 1 unspecified atom stereocenters. The second kappa shape index (κ2) is 11.2. The molecule has 0 amide bonds. The van der Waals surface area contributed by atoms with E-state index in [4.69, 9.17) is 4.98 Å². The van der Waals surface area contributed by atoms with Crippen LogP contribution < -0.4 is 0 Å². The van der Waals surface area contributed by atoms with Gasteiger partial charge < -0.3 is 9.67 Å². The first-order chi connectivity index (χ1) is 19.1. The average molecular weight is 543 g/mol. The highest BCUT2D eigenvalue weighted by Crippen LogP contribution is 2.44. The summed E-state index contributed by atoms with van der Waals surface area (Å²) in [5, 5.41) is 18.9. The minimum absolute atomic E-state index is 0.363. The van der Waals surface area contributed by atoms with Crippen LogP contribution in [-0.2, 0) is 24.9 Å². The second-order valence-corrected chi connectivity index (χ2v) is 12.1. The fourth-order valence-corrected chi connectivity index (χ4v) is 6.28. The number of carboxylic acid groups (broad SMARTS) is 1. The van der Waals surface area contributed by atoms with E-state index in [1.165, 1.54) is 30.4 Å². The van der Waals surface area contributed by atoms with Crippen LogP contribution in [0.15, 0.2) is 42.7 Å². The first kappa shape index (κ1) is 28.0. The van der Waals surface area contributed by atoms with Gasteiger partial charge in [-0.15, -0.1) is 5.10 Å². The van der Waals surface area contributed by atoms with Crippen molar-refractivity contribution in [1.29, 1.82) is 0 Å². The Morgan fingerprint density at radius 3 is 2.58 bits per heavy atom. The fourth-order valence-electron chi connectivity index (χ4n) is 6.28. The summed E-state index contributed by atoms with van der Waals surface area (Å²) < 4.78 is 3.99. The van der Waals surface area contributed by atoms with Gasteiger partial charge in [-0.2, -0.15) is 0 Å². The number of piperidine rings is 1. The van der Waals surface area contributed by atoms with Crippen molar-refractivity contribution in [3.05, 3.63) is 76.4 Å². The third-order valence-electron chi connectivity index (χ3n) is 9.16. The van der Waals surface area contributed by atoms with Gasteiger partial charge in [0.2, 0.25) is 0 Å². The van der Waals surface area contributed by atoms with Crippen LogP contribution in [0.4, 0.5) is 0 Å². The SMILES string of the molecule is CCC1CCN(Cc2nccn2Cc2cc(C(c3ccc4c(nnn4C)c3C)C(C)(C)C(=O)O)ccc2C)CC1. The molecule has 1 atom stereocenters. The van der Waals surface area contributed by atoms with Gasteiger partial charge in [-0.3, -0.25) is 9.69 Å². The lowest BCUT2D eigenvalue weighted by Gasteiger charge is -2.33. The van der Waals surface area contributed by atoms with Crippen molar-refractivity contribution in [3.63, 3.8) is 0 Å². The molecule has 0 saturated carbocycles. The molecule has 5 rings (SSSR count). The number of likely N-dealkylation sites (tertiary alicyclic amines) is 1. The van der Waals surface area contributed by atoms with Gasteiger partial charge >= 0.3 is 5.97 Å². The first-order valence-corrected chi connectivity index (χ1v) is 14.4. The Morgan fingerprint density at radius 2 is 1.88 bits per heavy atom. The topological polar surface area (TPSA) is 89.1 Å². The highest BCUT2D eigenvalue weighted by Gasteiger charge is 2.40. The van der Waals surface area contributed by atoms with Gasteiger partial charge in [0, 0.05) is 31.9 Å². The molecule has 8 heteroatoms. The lowest BCUT2D eigenvalue weighted by atomic mass is 9.69. The Kier molecular flexibility index (Phi) is 7.82. The smallest absolute Gasteiger partial charge is 0.310 e. The van der Waals surface area contributed by atoms with Crippen LogP contribution in [0.1, 0.15) is 79.6 Å². The Balaban J connectivity index is 1.48. The number of aliphatic carboxylic acids is 1. The number of nitrogens with zero attached hydrogens (tertiary/aromatic N) is 6. The van der Waals surface area contributed by atoms with Gasteiger partial charge in [0.15, 0.2) is 0 Å². The zero-order valence-electron chi connectivity index (χ0n) is 24.7. The lowest BCUT2D eigenvalue weighted by molar-refractivity contribution is -0.147. The summed E-state index contributed by atoms with van der Waals surface area (Å²) >= 11 is 0. The molecule has 8 nitrogen and oxygen atoms in total. The molecule has 1 aliphatic rings. The maximum atomic E-state index is 12.6. The van der Waals surface area contributed by atoms with Gasteiger partial charge in [-0.1, -0.05) is 42.8 Å². The number of imidazole rings is 1. The van der Waals surface area contributed by atoms with E-state index in [9.17, 15) is 9.90 Å². The number of carboxylic acids is 1. The van der Waals surface area contributed by atoms with Gasteiger partial charge in [-0.25, -0.2) is 9.67 Å². The minimum atomic E-state index is -1.04. The number of aryl methyl sites for hydroxylation is 3. The summed E-state index contributed by atoms with van der Waals surface area (Å²) in [6.45, 7) is 13.9. The molecule has 3 heterocycles. The van der Waals surface area contributed by atoms with Crippen LogP contribution in [0.3, 0.4) is 0 Å². The zero-order chi connectivity index (χ0) is 28.6. The van der Waals surface area contributed by atoms with Crippen LogP contribution in [0, 0.1) is 25.2 Å². The summed E-state index contributed by atoms with van der Waals surface area (Å²) in [4.78, 5) is 19.9. The number of hydrogen-bond acceptors (Lipinski definition) is 5. The maximum absolute atomic E-state index is 12.6. The van der Waals surface area contributed by atoms with Crippen molar-refractivity contribution in [3.8, 4) is 0 Å². The molecule has 1 fully saturated rings. The molecule has 212 valence electrons. The number of rotatable bonds is 9. The van der Waals surface area contributed by atoms with E-state index < -0.39 is 11.4 Å². The second-order valence-electron chi connectivity index (χ2n) is 12.1. The van der Waals surface area contributed by atoms with Crippen LogP contribution in [0.25, 0.3) is 11.0 Å². The van der Waals surface area contributed by atoms with Crippen LogP contribution in [0.5, 0.6) is 0 Å². The number of carbonyl (C=O) groups is 1. The van der Waals surface area contributed by atoms with E-state index in [0.29, 0.717) is 6.54 Å². The van der Waals surface area contributed by atoms with Crippen molar-refractivity contribution in [2.75, 3.05) is 13.1 Å². The van der Waals surface area contributed by atoms with Gasteiger partial charge in [0.1, 0.15) is 11.3 Å². The molecule has 2 aromatic heterocycles. The predicted octanol–water partition coefficient (Wildman–Crippen LogP) is 5.69. The van der Waals surface area contributed by atoms with Crippen molar-refractivity contribution in [2.45, 2.75) is 72.9 Å².